The summed E-state index contributed by atoms with van der Waals surface area (Å²) in [5, 5.41) is 13.6. The summed E-state index contributed by atoms with van der Waals surface area (Å²) in [5.41, 5.74) is 0. The van der Waals surface area contributed by atoms with Crippen LogP contribution in [0.1, 0.15) is 42.3 Å². The van der Waals surface area contributed by atoms with Crippen molar-refractivity contribution in [2.75, 3.05) is 6.61 Å². The maximum atomic E-state index is 11.9. The number of amides is 1. The van der Waals surface area contributed by atoms with Crippen molar-refractivity contribution in [3.8, 4) is 5.75 Å². The lowest BCUT2D eigenvalue weighted by Crippen LogP contribution is -2.43. The summed E-state index contributed by atoms with van der Waals surface area (Å²) in [6.07, 6.45) is 4.51. The van der Waals surface area contributed by atoms with Gasteiger partial charge in [0.05, 0.1) is 0 Å². The first kappa shape index (κ1) is 14.8. The van der Waals surface area contributed by atoms with Gasteiger partial charge in [-0.25, -0.2) is 4.79 Å². The smallest absolute Gasteiger partial charge is 0.349 e. The van der Waals surface area contributed by atoms with Crippen molar-refractivity contribution in [3.05, 3.63) is 16.3 Å². The van der Waals surface area contributed by atoms with Crippen molar-refractivity contribution < 1.29 is 19.4 Å². The second kappa shape index (κ2) is 6.74. The number of hydrogen-bond donors (Lipinski definition) is 2. The highest BCUT2D eigenvalue weighted by Gasteiger charge is 2.23. The Kier molecular flexibility index (Phi) is 5.00. The molecule has 1 aromatic heterocycles. The third kappa shape index (κ3) is 3.72. The van der Waals surface area contributed by atoms with E-state index >= 15 is 0 Å². The zero-order valence-electron chi connectivity index (χ0n) is 11.4. The van der Waals surface area contributed by atoms with Gasteiger partial charge in [-0.1, -0.05) is 19.8 Å². The first-order chi connectivity index (χ1) is 9.58. The van der Waals surface area contributed by atoms with Crippen LogP contribution in [0.4, 0.5) is 0 Å². The van der Waals surface area contributed by atoms with E-state index in [4.69, 9.17) is 9.84 Å². The number of rotatable bonds is 5. The molecular weight excluding hydrogens is 278 g/mol. The van der Waals surface area contributed by atoms with Gasteiger partial charge < -0.3 is 15.2 Å². The third-order valence-corrected chi connectivity index (χ3v) is 4.52. The Morgan fingerprint density at radius 2 is 2.20 bits per heavy atom. The Hall–Kier alpha value is -1.56. The molecule has 1 saturated carbocycles. The highest BCUT2D eigenvalue weighted by atomic mass is 32.1. The molecule has 6 heteroatoms. The molecule has 0 bridgehead atoms. The van der Waals surface area contributed by atoms with E-state index in [9.17, 15) is 9.59 Å². The zero-order chi connectivity index (χ0) is 14.5. The van der Waals surface area contributed by atoms with E-state index in [0.29, 0.717) is 5.92 Å². The predicted molar refractivity (Wildman–Crippen MR) is 76.3 cm³/mol. The SMILES string of the molecule is CC1CCCCC1NC(=O)COc1ccsc1C(=O)O. The fourth-order valence-electron chi connectivity index (χ4n) is 2.49. The molecule has 110 valence electrons. The summed E-state index contributed by atoms with van der Waals surface area (Å²) < 4.78 is 5.29. The quantitative estimate of drug-likeness (QED) is 0.875. The number of nitrogens with one attached hydrogen (secondary N) is 1. The molecule has 2 N–H and O–H groups in total. The summed E-state index contributed by atoms with van der Waals surface area (Å²) >= 11 is 1.09. The van der Waals surface area contributed by atoms with Crippen LogP contribution in [0.3, 0.4) is 0 Å². The molecule has 1 aliphatic carbocycles. The van der Waals surface area contributed by atoms with Crippen LogP contribution < -0.4 is 10.1 Å². The van der Waals surface area contributed by atoms with Crippen molar-refractivity contribution in [3.63, 3.8) is 0 Å². The van der Waals surface area contributed by atoms with Crippen molar-refractivity contribution in [1.29, 1.82) is 0 Å². The summed E-state index contributed by atoms with van der Waals surface area (Å²) in [5.74, 6) is -0.472. The van der Waals surface area contributed by atoms with E-state index in [1.54, 1.807) is 11.4 Å². The van der Waals surface area contributed by atoms with Crippen LogP contribution in [0.15, 0.2) is 11.4 Å². The molecule has 1 aliphatic rings. The van der Waals surface area contributed by atoms with Crippen molar-refractivity contribution in [2.45, 2.75) is 38.6 Å². The van der Waals surface area contributed by atoms with Gasteiger partial charge in [0.25, 0.3) is 5.91 Å². The van der Waals surface area contributed by atoms with Crippen LogP contribution in [-0.4, -0.2) is 29.6 Å². The topological polar surface area (TPSA) is 75.6 Å². The lowest BCUT2D eigenvalue weighted by atomic mass is 9.86. The van der Waals surface area contributed by atoms with E-state index in [0.717, 1.165) is 30.6 Å². The van der Waals surface area contributed by atoms with Gasteiger partial charge in [-0.3, -0.25) is 4.79 Å². The van der Waals surface area contributed by atoms with Crippen molar-refractivity contribution >= 4 is 23.2 Å². The number of carboxylic acids is 1. The van der Waals surface area contributed by atoms with Gasteiger partial charge in [-0.05, 0) is 30.2 Å². The number of thiophene rings is 1. The average molecular weight is 297 g/mol. The van der Waals surface area contributed by atoms with E-state index in [1.807, 2.05) is 0 Å². The number of aromatic carboxylic acids is 1. The monoisotopic (exact) mass is 297 g/mol. The van der Waals surface area contributed by atoms with Gasteiger partial charge in [0, 0.05) is 6.04 Å². The van der Waals surface area contributed by atoms with Gasteiger partial charge in [0.2, 0.25) is 0 Å². The molecule has 1 heterocycles. The Balaban J connectivity index is 1.83. The van der Waals surface area contributed by atoms with Crippen LogP contribution in [0.5, 0.6) is 5.75 Å². The van der Waals surface area contributed by atoms with Crippen LogP contribution in [0, 0.1) is 5.92 Å². The lowest BCUT2D eigenvalue weighted by molar-refractivity contribution is -0.124. The second-order valence-electron chi connectivity index (χ2n) is 5.14. The van der Waals surface area contributed by atoms with Crippen LogP contribution in [-0.2, 0) is 4.79 Å². The Bertz CT molecular complexity index is 485. The maximum Gasteiger partial charge on any atom is 0.349 e. The van der Waals surface area contributed by atoms with Gasteiger partial charge in [0.15, 0.2) is 11.5 Å². The number of carboxylic acid groups (broad SMARTS) is 1. The fourth-order valence-corrected chi connectivity index (χ4v) is 3.16. The van der Waals surface area contributed by atoms with Crippen molar-refractivity contribution in [1.82, 2.24) is 5.32 Å². The number of ether oxygens (including phenoxy) is 1. The highest BCUT2D eigenvalue weighted by Crippen LogP contribution is 2.25. The molecule has 0 spiro atoms. The summed E-state index contributed by atoms with van der Waals surface area (Å²) in [4.78, 5) is 22.9. The minimum Gasteiger partial charge on any atom is -0.482 e. The molecule has 0 aliphatic heterocycles. The lowest BCUT2D eigenvalue weighted by Gasteiger charge is -2.29. The normalized spacial score (nSPS) is 22.2. The summed E-state index contributed by atoms with van der Waals surface area (Å²) in [6.45, 7) is 2.01. The minimum absolute atomic E-state index is 0.129. The molecule has 0 aromatic carbocycles. The molecule has 0 radical (unpaired) electrons. The van der Waals surface area contributed by atoms with Gasteiger partial charge in [-0.2, -0.15) is 0 Å². The predicted octanol–water partition coefficient (Wildman–Crippen LogP) is 2.52. The Morgan fingerprint density at radius 1 is 1.45 bits per heavy atom. The molecule has 2 atom stereocenters. The molecule has 5 nitrogen and oxygen atoms in total. The maximum absolute atomic E-state index is 11.9. The molecule has 2 rings (SSSR count). The molecular formula is C14H19NO4S. The molecule has 20 heavy (non-hydrogen) atoms. The zero-order valence-corrected chi connectivity index (χ0v) is 12.2. The second-order valence-corrected chi connectivity index (χ2v) is 6.06. The molecule has 1 amide bonds. The minimum atomic E-state index is -1.03. The largest absolute Gasteiger partial charge is 0.482 e. The van der Waals surface area contributed by atoms with E-state index in [2.05, 4.69) is 12.2 Å². The van der Waals surface area contributed by atoms with Crippen molar-refractivity contribution in [2.24, 2.45) is 5.92 Å². The molecule has 1 fully saturated rings. The Morgan fingerprint density at radius 3 is 2.90 bits per heavy atom. The third-order valence-electron chi connectivity index (χ3n) is 3.64. The number of carbonyl (C=O) groups is 2. The van der Waals surface area contributed by atoms with Gasteiger partial charge in [0.1, 0.15) is 5.75 Å². The summed E-state index contributed by atoms with van der Waals surface area (Å²) in [7, 11) is 0. The van der Waals surface area contributed by atoms with E-state index < -0.39 is 5.97 Å². The van der Waals surface area contributed by atoms with E-state index in [-0.39, 0.29) is 29.2 Å². The van der Waals surface area contributed by atoms with Gasteiger partial charge >= 0.3 is 5.97 Å². The molecule has 1 aromatic rings. The standard InChI is InChI=1S/C14H19NO4S/c1-9-4-2-3-5-10(9)15-12(16)8-19-11-6-7-20-13(11)14(17)18/h6-7,9-10H,2-5,8H2,1H3,(H,15,16)(H,17,18). The van der Waals surface area contributed by atoms with E-state index in [1.165, 1.54) is 6.42 Å². The first-order valence-electron chi connectivity index (χ1n) is 6.81. The number of hydrogen-bond acceptors (Lipinski definition) is 4. The van der Waals surface area contributed by atoms with Crippen LogP contribution in [0.2, 0.25) is 0 Å². The van der Waals surface area contributed by atoms with Gasteiger partial charge in [-0.15, -0.1) is 11.3 Å². The summed E-state index contributed by atoms with van der Waals surface area (Å²) in [6, 6.07) is 1.78. The van der Waals surface area contributed by atoms with Crippen LogP contribution in [0.25, 0.3) is 0 Å². The van der Waals surface area contributed by atoms with Crippen LogP contribution >= 0.6 is 11.3 Å². The molecule has 2 unspecified atom stereocenters. The Labute approximate surface area is 121 Å². The average Bonchev–Trinajstić information content (AvgIpc) is 2.88. The molecule has 0 saturated heterocycles. The first-order valence-corrected chi connectivity index (χ1v) is 7.69. The highest BCUT2D eigenvalue weighted by molar-refractivity contribution is 7.12. The number of carbonyl (C=O) groups excluding carboxylic acids is 1. The fraction of sp³-hybridized carbons (Fsp3) is 0.571.